The molecule has 0 amide bonds. The normalized spacial score (nSPS) is 12.7. The minimum absolute atomic E-state index is 0.283. The smallest absolute Gasteiger partial charge is 0.0858 e. The molecule has 0 saturated carbocycles. The monoisotopic (exact) mass is 284 g/mol. The summed E-state index contributed by atoms with van der Waals surface area (Å²) in [5, 5.41) is 20.1. The number of aromatic nitrogens is 4. The van der Waals surface area contributed by atoms with Crippen LogP contribution in [0.25, 0.3) is 16.5 Å². The summed E-state index contributed by atoms with van der Waals surface area (Å²) >= 11 is 0. The number of hydrogen-bond donors (Lipinski definition) is 1. The summed E-state index contributed by atoms with van der Waals surface area (Å²) in [6, 6.07) is 7.92. The van der Waals surface area contributed by atoms with Crippen LogP contribution in [0.15, 0.2) is 42.9 Å². The number of benzene rings is 1. The van der Waals surface area contributed by atoms with Gasteiger partial charge < -0.3 is 9.84 Å². The lowest BCUT2D eigenvalue weighted by atomic mass is 10.1. The summed E-state index contributed by atoms with van der Waals surface area (Å²) in [6.45, 7) is 0.283. The van der Waals surface area contributed by atoms with Crippen LogP contribution in [0, 0.1) is 0 Å². The molecule has 0 aliphatic rings. The third-order valence-corrected chi connectivity index (χ3v) is 3.25. The molecule has 0 bridgehead atoms. The number of ether oxygens (including phenoxy) is 1. The van der Waals surface area contributed by atoms with Gasteiger partial charge >= 0.3 is 0 Å². The van der Waals surface area contributed by atoms with Crippen molar-refractivity contribution in [3.05, 3.63) is 48.5 Å². The van der Waals surface area contributed by atoms with E-state index in [-0.39, 0.29) is 6.61 Å². The van der Waals surface area contributed by atoms with E-state index in [1.54, 1.807) is 18.0 Å². The highest BCUT2D eigenvalue weighted by Crippen LogP contribution is 2.20. The number of pyridine rings is 1. The molecular formula is C15H16N4O2. The molecule has 6 heteroatoms. The van der Waals surface area contributed by atoms with E-state index < -0.39 is 6.10 Å². The second kappa shape index (κ2) is 5.99. The SMILES string of the molecule is COC[C@@H](O)Cc1cn(-c2cccc3ccncc23)nn1. The predicted molar refractivity (Wildman–Crippen MR) is 78.2 cm³/mol. The highest BCUT2D eigenvalue weighted by Gasteiger charge is 2.10. The Labute approximate surface area is 122 Å². The fourth-order valence-corrected chi connectivity index (χ4v) is 2.30. The first-order valence-electron chi connectivity index (χ1n) is 6.69. The van der Waals surface area contributed by atoms with Gasteiger partial charge in [0, 0.05) is 31.3 Å². The Morgan fingerprint density at radius 1 is 1.33 bits per heavy atom. The molecule has 21 heavy (non-hydrogen) atoms. The Morgan fingerprint density at radius 2 is 2.24 bits per heavy atom. The van der Waals surface area contributed by atoms with Crippen molar-refractivity contribution in [2.24, 2.45) is 0 Å². The Balaban J connectivity index is 1.91. The Bertz CT molecular complexity index is 736. The third-order valence-electron chi connectivity index (χ3n) is 3.25. The zero-order valence-corrected chi connectivity index (χ0v) is 11.7. The van der Waals surface area contributed by atoms with E-state index in [1.165, 1.54) is 0 Å². The number of fused-ring (bicyclic) bond motifs is 1. The van der Waals surface area contributed by atoms with Crippen LogP contribution in [-0.4, -0.2) is 44.9 Å². The van der Waals surface area contributed by atoms with E-state index in [0.29, 0.717) is 6.42 Å². The van der Waals surface area contributed by atoms with Gasteiger partial charge in [-0.1, -0.05) is 17.3 Å². The number of aliphatic hydroxyl groups excluding tert-OH is 1. The zero-order chi connectivity index (χ0) is 14.7. The van der Waals surface area contributed by atoms with E-state index in [1.807, 2.05) is 36.7 Å². The van der Waals surface area contributed by atoms with Crippen LogP contribution in [0.3, 0.4) is 0 Å². The molecular weight excluding hydrogens is 268 g/mol. The second-order valence-electron chi connectivity index (χ2n) is 4.84. The third kappa shape index (κ3) is 2.91. The zero-order valence-electron chi connectivity index (χ0n) is 11.7. The maximum absolute atomic E-state index is 9.74. The van der Waals surface area contributed by atoms with Crippen LogP contribution in [0.2, 0.25) is 0 Å². The highest BCUT2D eigenvalue weighted by molar-refractivity contribution is 5.89. The average Bonchev–Trinajstić information content (AvgIpc) is 2.95. The summed E-state index contributed by atoms with van der Waals surface area (Å²) < 4.78 is 6.62. The maximum Gasteiger partial charge on any atom is 0.0858 e. The molecule has 0 unspecified atom stereocenters. The van der Waals surface area contributed by atoms with E-state index in [9.17, 15) is 5.11 Å². The second-order valence-corrected chi connectivity index (χ2v) is 4.84. The molecule has 1 aromatic carbocycles. The van der Waals surface area contributed by atoms with Gasteiger partial charge in [-0.3, -0.25) is 4.98 Å². The molecule has 0 spiro atoms. The van der Waals surface area contributed by atoms with Crippen LogP contribution in [0.1, 0.15) is 5.69 Å². The van der Waals surface area contributed by atoms with E-state index in [0.717, 1.165) is 22.2 Å². The van der Waals surface area contributed by atoms with Crippen molar-refractivity contribution in [2.45, 2.75) is 12.5 Å². The largest absolute Gasteiger partial charge is 0.390 e. The van der Waals surface area contributed by atoms with Crippen molar-refractivity contribution < 1.29 is 9.84 Å². The van der Waals surface area contributed by atoms with Gasteiger partial charge in [0.15, 0.2) is 0 Å². The topological polar surface area (TPSA) is 73.1 Å². The van der Waals surface area contributed by atoms with Gasteiger partial charge in [-0.15, -0.1) is 5.10 Å². The van der Waals surface area contributed by atoms with Crippen LogP contribution < -0.4 is 0 Å². The predicted octanol–water partition coefficient (Wildman–Crippen LogP) is 1.37. The molecule has 3 aromatic rings. The van der Waals surface area contributed by atoms with Crippen LogP contribution in [0.5, 0.6) is 0 Å². The van der Waals surface area contributed by atoms with Crippen LogP contribution >= 0.6 is 0 Å². The van der Waals surface area contributed by atoms with E-state index >= 15 is 0 Å². The summed E-state index contributed by atoms with van der Waals surface area (Å²) in [6.07, 6.45) is 5.23. The standard InChI is InChI=1S/C15H16N4O2/c1-21-10-13(20)7-12-9-19(18-17-12)15-4-2-3-11-5-6-16-8-14(11)15/h2-6,8-9,13,20H,7,10H2,1H3/t13-/m0/s1. The molecule has 2 aromatic heterocycles. The van der Waals surface area contributed by atoms with Gasteiger partial charge in [-0.05, 0) is 17.5 Å². The number of methoxy groups -OCH3 is 1. The summed E-state index contributed by atoms with van der Waals surface area (Å²) in [7, 11) is 1.56. The van der Waals surface area contributed by atoms with Gasteiger partial charge in [-0.25, -0.2) is 4.68 Å². The lowest BCUT2D eigenvalue weighted by Gasteiger charge is -2.06. The molecule has 108 valence electrons. The molecule has 3 rings (SSSR count). The summed E-state index contributed by atoms with van der Waals surface area (Å²) in [4.78, 5) is 4.16. The average molecular weight is 284 g/mol. The Hall–Kier alpha value is -2.31. The highest BCUT2D eigenvalue weighted by atomic mass is 16.5. The van der Waals surface area contributed by atoms with Crippen molar-refractivity contribution in [1.29, 1.82) is 0 Å². The minimum atomic E-state index is -0.575. The lowest BCUT2D eigenvalue weighted by Crippen LogP contribution is -2.17. The Kier molecular flexibility index (Phi) is 3.89. The van der Waals surface area contributed by atoms with Gasteiger partial charge in [0.2, 0.25) is 0 Å². The first-order chi connectivity index (χ1) is 10.3. The van der Waals surface area contributed by atoms with E-state index in [2.05, 4.69) is 15.3 Å². The molecule has 0 saturated heterocycles. The van der Waals surface area contributed by atoms with Gasteiger partial charge in [-0.2, -0.15) is 0 Å². The number of aliphatic hydroxyl groups is 1. The van der Waals surface area contributed by atoms with Crippen molar-refractivity contribution in [3.8, 4) is 5.69 Å². The van der Waals surface area contributed by atoms with Crippen LogP contribution in [0.4, 0.5) is 0 Å². The minimum Gasteiger partial charge on any atom is -0.390 e. The molecule has 1 N–H and O–H groups in total. The summed E-state index contributed by atoms with van der Waals surface area (Å²) in [5.74, 6) is 0. The number of nitrogens with zero attached hydrogens (tertiary/aromatic N) is 4. The quantitative estimate of drug-likeness (QED) is 0.766. The van der Waals surface area contributed by atoms with Crippen LogP contribution in [-0.2, 0) is 11.2 Å². The molecule has 0 aliphatic heterocycles. The molecule has 0 fully saturated rings. The lowest BCUT2D eigenvalue weighted by molar-refractivity contribution is 0.0644. The van der Waals surface area contributed by atoms with Gasteiger partial charge in [0.05, 0.1) is 30.3 Å². The first kappa shape index (κ1) is 13.7. The fraction of sp³-hybridized carbons (Fsp3) is 0.267. The molecule has 2 heterocycles. The van der Waals surface area contributed by atoms with Crippen molar-refractivity contribution in [1.82, 2.24) is 20.0 Å². The number of rotatable bonds is 5. The summed E-state index contributed by atoms with van der Waals surface area (Å²) in [5.41, 5.74) is 1.64. The first-order valence-corrected chi connectivity index (χ1v) is 6.69. The number of hydrogen-bond acceptors (Lipinski definition) is 5. The Morgan fingerprint density at radius 3 is 3.10 bits per heavy atom. The molecule has 0 radical (unpaired) electrons. The molecule has 6 nitrogen and oxygen atoms in total. The van der Waals surface area contributed by atoms with E-state index in [4.69, 9.17) is 4.74 Å². The molecule has 1 atom stereocenters. The molecule has 0 aliphatic carbocycles. The maximum atomic E-state index is 9.74. The van der Waals surface area contributed by atoms with Gasteiger partial charge in [0.1, 0.15) is 0 Å². The fourth-order valence-electron chi connectivity index (χ4n) is 2.30. The van der Waals surface area contributed by atoms with Crippen molar-refractivity contribution in [2.75, 3.05) is 13.7 Å². The van der Waals surface area contributed by atoms with Crippen molar-refractivity contribution >= 4 is 10.8 Å². The van der Waals surface area contributed by atoms with Gasteiger partial charge in [0.25, 0.3) is 0 Å². The van der Waals surface area contributed by atoms with Crippen molar-refractivity contribution in [3.63, 3.8) is 0 Å².